The molecular formula is C26H26N4O7. The molecule has 2 atom stereocenters. The number of aliphatic carboxylic acids is 1. The van der Waals surface area contributed by atoms with E-state index in [1.807, 2.05) is 24.3 Å². The molecule has 2 N–H and O–H groups in total. The molecular weight excluding hydrogens is 480 g/mol. The summed E-state index contributed by atoms with van der Waals surface area (Å²) in [6, 6.07) is 10.3. The number of hydrogen-bond acceptors (Lipinski definition) is 9. The van der Waals surface area contributed by atoms with Gasteiger partial charge in [-0.15, -0.1) is 0 Å². The third-order valence-corrected chi connectivity index (χ3v) is 6.58. The summed E-state index contributed by atoms with van der Waals surface area (Å²) < 4.78 is 23.4. The molecule has 2 heterocycles. The Labute approximate surface area is 212 Å². The summed E-state index contributed by atoms with van der Waals surface area (Å²) in [7, 11) is 4.67. The highest BCUT2D eigenvalue weighted by Crippen LogP contribution is 2.47. The molecule has 1 aliphatic carbocycles. The number of anilines is 1. The van der Waals surface area contributed by atoms with Crippen molar-refractivity contribution in [2.75, 3.05) is 33.3 Å². The summed E-state index contributed by atoms with van der Waals surface area (Å²) >= 11 is 0. The van der Waals surface area contributed by atoms with Crippen LogP contribution in [0, 0.1) is 0 Å². The summed E-state index contributed by atoms with van der Waals surface area (Å²) in [5.74, 6) is 1.33. The zero-order valence-electron chi connectivity index (χ0n) is 20.6. The van der Waals surface area contributed by atoms with Crippen molar-refractivity contribution in [3.8, 4) is 23.0 Å². The van der Waals surface area contributed by atoms with Crippen molar-refractivity contribution in [2.24, 2.45) is 0 Å². The number of ketones is 1. The van der Waals surface area contributed by atoms with Crippen LogP contribution >= 0.6 is 0 Å². The van der Waals surface area contributed by atoms with Crippen molar-refractivity contribution in [1.29, 1.82) is 0 Å². The number of allylic oxidation sites excluding steroid dienone is 2. The molecule has 1 aliphatic heterocycles. The SMILES string of the molecule is COc1cc([C@@H]2CC(=O)C3=C(C2)Nc2ncnn2[C@H]3c2ccc(OCC(=O)O)cc2)cc(OC)c1OC. The molecule has 0 bridgehead atoms. The van der Waals surface area contributed by atoms with E-state index in [0.717, 1.165) is 16.8 Å². The Bertz CT molecular complexity index is 1350. The highest BCUT2D eigenvalue weighted by Gasteiger charge is 2.39. The lowest BCUT2D eigenvalue weighted by Crippen LogP contribution is -2.33. The number of aromatic nitrogens is 3. The minimum Gasteiger partial charge on any atom is -0.493 e. The van der Waals surface area contributed by atoms with Crippen LogP contribution in [0.4, 0.5) is 5.95 Å². The lowest BCUT2D eigenvalue weighted by atomic mass is 9.77. The summed E-state index contributed by atoms with van der Waals surface area (Å²) in [4.78, 5) is 28.8. The maximum absolute atomic E-state index is 13.7. The summed E-state index contributed by atoms with van der Waals surface area (Å²) in [5, 5.41) is 16.5. The Morgan fingerprint density at radius 1 is 1.05 bits per heavy atom. The second-order valence-electron chi connectivity index (χ2n) is 8.69. The smallest absolute Gasteiger partial charge is 0.341 e. The molecule has 0 unspecified atom stereocenters. The predicted octanol–water partition coefficient (Wildman–Crippen LogP) is 3.18. The molecule has 2 aliphatic rings. The molecule has 0 amide bonds. The van der Waals surface area contributed by atoms with Gasteiger partial charge in [0.2, 0.25) is 11.7 Å². The maximum atomic E-state index is 13.7. The van der Waals surface area contributed by atoms with E-state index in [9.17, 15) is 9.59 Å². The topological polar surface area (TPSA) is 134 Å². The molecule has 11 heteroatoms. The van der Waals surface area contributed by atoms with Crippen molar-refractivity contribution in [1.82, 2.24) is 14.8 Å². The van der Waals surface area contributed by atoms with Crippen LogP contribution in [0.1, 0.15) is 35.9 Å². The molecule has 0 fully saturated rings. The number of carboxylic acid groups (broad SMARTS) is 1. The maximum Gasteiger partial charge on any atom is 0.341 e. The number of Topliss-reactive ketones (excluding diaryl/α,β-unsaturated/α-hetero) is 1. The van der Waals surface area contributed by atoms with Crippen molar-refractivity contribution in [2.45, 2.75) is 24.8 Å². The van der Waals surface area contributed by atoms with Crippen LogP contribution in [0.3, 0.4) is 0 Å². The number of ether oxygens (including phenoxy) is 4. The fourth-order valence-electron chi connectivity index (χ4n) is 4.92. The Hall–Kier alpha value is -4.54. The number of carboxylic acids is 1. The quantitative estimate of drug-likeness (QED) is 0.469. The lowest BCUT2D eigenvalue weighted by molar-refractivity contribution is -0.139. The first-order valence-electron chi connectivity index (χ1n) is 11.6. The zero-order valence-corrected chi connectivity index (χ0v) is 20.6. The number of hydrogen-bond donors (Lipinski definition) is 2. The zero-order chi connectivity index (χ0) is 26.1. The molecule has 11 nitrogen and oxygen atoms in total. The second kappa shape index (κ2) is 9.84. The molecule has 0 saturated heterocycles. The highest BCUT2D eigenvalue weighted by atomic mass is 16.5. The predicted molar refractivity (Wildman–Crippen MR) is 131 cm³/mol. The standard InChI is InChI=1S/C26H26N4O7/c1-34-20-10-16(11-21(35-2)25(20)36-3)15-8-18-23(19(31)9-15)24(30-26(29-18)27-13-28-30)14-4-6-17(7-5-14)37-12-22(32)33/h4-7,10-11,13,15,24H,8-9,12H2,1-3H3,(H,32,33)(H,27,28,29)/t15-,24-/m0/s1. The van der Waals surface area contributed by atoms with Gasteiger partial charge in [-0.2, -0.15) is 10.1 Å². The van der Waals surface area contributed by atoms with Gasteiger partial charge in [0, 0.05) is 17.7 Å². The van der Waals surface area contributed by atoms with Gasteiger partial charge in [0.1, 0.15) is 18.1 Å². The van der Waals surface area contributed by atoms with Crippen molar-refractivity contribution >= 4 is 17.7 Å². The van der Waals surface area contributed by atoms with Crippen molar-refractivity contribution < 1.29 is 33.6 Å². The van der Waals surface area contributed by atoms with E-state index in [1.54, 1.807) is 38.1 Å². The van der Waals surface area contributed by atoms with Gasteiger partial charge >= 0.3 is 5.97 Å². The Morgan fingerprint density at radius 2 is 1.76 bits per heavy atom. The van der Waals surface area contributed by atoms with E-state index in [0.29, 0.717) is 47.4 Å². The van der Waals surface area contributed by atoms with E-state index in [-0.39, 0.29) is 11.7 Å². The van der Waals surface area contributed by atoms with Crippen molar-refractivity contribution in [3.05, 3.63) is 65.1 Å². The molecule has 37 heavy (non-hydrogen) atoms. The normalized spacial score (nSPS) is 18.4. The van der Waals surface area contributed by atoms with E-state index in [4.69, 9.17) is 24.1 Å². The Morgan fingerprint density at radius 3 is 2.38 bits per heavy atom. The minimum atomic E-state index is -1.06. The average molecular weight is 507 g/mol. The van der Waals surface area contributed by atoms with E-state index in [2.05, 4.69) is 15.4 Å². The van der Waals surface area contributed by atoms with Crippen LogP contribution in [-0.4, -0.2) is 59.6 Å². The second-order valence-corrected chi connectivity index (χ2v) is 8.69. The van der Waals surface area contributed by atoms with Gasteiger partial charge in [-0.1, -0.05) is 12.1 Å². The van der Waals surface area contributed by atoms with Crippen LogP contribution in [0.2, 0.25) is 0 Å². The molecule has 1 aromatic heterocycles. The van der Waals surface area contributed by atoms with E-state index >= 15 is 0 Å². The van der Waals surface area contributed by atoms with Gasteiger partial charge in [-0.05, 0) is 47.7 Å². The first kappa shape index (κ1) is 24.2. The lowest BCUT2D eigenvalue weighted by Gasteiger charge is -2.35. The van der Waals surface area contributed by atoms with Crippen LogP contribution in [0.15, 0.2) is 54.0 Å². The Kier molecular flexibility index (Phi) is 6.43. The third kappa shape index (κ3) is 4.44. The fourth-order valence-corrected chi connectivity index (χ4v) is 4.92. The number of methoxy groups -OCH3 is 3. The summed E-state index contributed by atoms with van der Waals surface area (Å²) in [5.41, 5.74) is 3.12. The number of carbonyl (C=O) groups is 2. The third-order valence-electron chi connectivity index (χ3n) is 6.58. The molecule has 2 aromatic carbocycles. The number of nitrogens with one attached hydrogen (secondary N) is 1. The van der Waals surface area contributed by atoms with E-state index < -0.39 is 18.6 Å². The number of benzene rings is 2. The van der Waals surface area contributed by atoms with Gasteiger partial charge in [0.25, 0.3) is 0 Å². The van der Waals surface area contributed by atoms with Gasteiger partial charge in [0.15, 0.2) is 23.9 Å². The summed E-state index contributed by atoms with van der Waals surface area (Å²) in [6.07, 6.45) is 2.31. The number of rotatable bonds is 8. The number of fused-ring (bicyclic) bond motifs is 1. The first-order chi connectivity index (χ1) is 17.9. The van der Waals surface area contributed by atoms with Crippen LogP contribution < -0.4 is 24.3 Å². The van der Waals surface area contributed by atoms with Crippen molar-refractivity contribution in [3.63, 3.8) is 0 Å². The largest absolute Gasteiger partial charge is 0.493 e. The van der Waals surface area contributed by atoms with Gasteiger partial charge in [-0.25, -0.2) is 9.48 Å². The Balaban J connectivity index is 1.50. The number of carbonyl (C=O) groups excluding carboxylic acids is 1. The van der Waals surface area contributed by atoms with Gasteiger partial charge in [-0.3, -0.25) is 4.79 Å². The van der Waals surface area contributed by atoms with Crippen LogP contribution in [0.25, 0.3) is 0 Å². The first-order valence-corrected chi connectivity index (χ1v) is 11.6. The molecule has 0 radical (unpaired) electrons. The molecule has 3 aromatic rings. The molecule has 192 valence electrons. The monoisotopic (exact) mass is 506 g/mol. The van der Waals surface area contributed by atoms with Gasteiger partial charge < -0.3 is 29.4 Å². The van der Waals surface area contributed by atoms with Gasteiger partial charge in [0.05, 0.1) is 21.3 Å². The number of nitrogens with zero attached hydrogens (tertiary/aromatic N) is 3. The molecule has 0 spiro atoms. The molecule has 5 rings (SSSR count). The summed E-state index contributed by atoms with van der Waals surface area (Å²) in [6.45, 7) is -0.434. The fraction of sp³-hybridized carbons (Fsp3) is 0.308. The van der Waals surface area contributed by atoms with Crippen LogP contribution in [0.5, 0.6) is 23.0 Å². The van der Waals surface area contributed by atoms with E-state index in [1.165, 1.54) is 6.33 Å². The molecule has 0 saturated carbocycles. The minimum absolute atomic E-state index is 0.00939. The highest BCUT2D eigenvalue weighted by molar-refractivity contribution is 6.00. The van der Waals surface area contributed by atoms with Crippen LogP contribution in [-0.2, 0) is 9.59 Å². The average Bonchev–Trinajstić information content (AvgIpc) is 3.38.